The zero-order chi connectivity index (χ0) is 12.9. The van der Waals surface area contributed by atoms with Gasteiger partial charge in [-0.3, -0.25) is 0 Å². The maximum Gasteiger partial charge on any atom is 0.148 e. The summed E-state index contributed by atoms with van der Waals surface area (Å²) in [4.78, 5) is 0. The van der Waals surface area contributed by atoms with Gasteiger partial charge in [0.25, 0.3) is 0 Å². The highest BCUT2D eigenvalue weighted by Gasteiger charge is 2.26. The predicted molar refractivity (Wildman–Crippen MR) is 63.6 cm³/mol. The summed E-state index contributed by atoms with van der Waals surface area (Å²) in [5.74, 6) is -1.74. The van der Waals surface area contributed by atoms with Crippen LogP contribution in [-0.2, 0) is 9.84 Å². The summed E-state index contributed by atoms with van der Waals surface area (Å²) in [5, 5.41) is 17.8. The fourth-order valence-electron chi connectivity index (χ4n) is 1.62. The van der Waals surface area contributed by atoms with Crippen molar-refractivity contribution in [1.29, 1.82) is 10.5 Å². The Balaban J connectivity index is 3.13. The van der Waals surface area contributed by atoms with Gasteiger partial charge in [0.1, 0.15) is 15.8 Å². The number of hydrogen-bond donors (Lipinski definition) is 0. The maximum absolute atomic E-state index is 11.3. The van der Waals surface area contributed by atoms with Gasteiger partial charge in [-0.2, -0.15) is 10.5 Å². The minimum absolute atomic E-state index is 0.192. The molecule has 0 saturated carbocycles. The first-order valence-corrected chi connectivity index (χ1v) is 7.06. The summed E-state index contributed by atoms with van der Waals surface area (Å²) in [6.07, 6.45) is 1.11. The molecule has 0 aromatic heterocycles. The van der Waals surface area contributed by atoms with E-state index in [1.54, 1.807) is 30.3 Å². The monoisotopic (exact) mass is 248 g/mol. The van der Waals surface area contributed by atoms with E-state index < -0.39 is 21.7 Å². The van der Waals surface area contributed by atoms with E-state index in [1.165, 1.54) is 0 Å². The van der Waals surface area contributed by atoms with E-state index in [-0.39, 0.29) is 5.75 Å². The average molecular weight is 248 g/mol. The fourth-order valence-corrected chi connectivity index (χ4v) is 2.66. The van der Waals surface area contributed by atoms with Gasteiger partial charge < -0.3 is 0 Å². The lowest BCUT2D eigenvalue weighted by Crippen LogP contribution is -2.19. The highest BCUT2D eigenvalue weighted by Crippen LogP contribution is 2.25. The van der Waals surface area contributed by atoms with E-state index in [1.807, 2.05) is 12.1 Å². The van der Waals surface area contributed by atoms with Gasteiger partial charge in [0.2, 0.25) is 0 Å². The van der Waals surface area contributed by atoms with Crippen LogP contribution < -0.4 is 0 Å². The molecule has 0 aliphatic carbocycles. The first-order chi connectivity index (χ1) is 7.98. The van der Waals surface area contributed by atoms with Crippen molar-refractivity contribution >= 4 is 9.84 Å². The summed E-state index contributed by atoms with van der Waals surface area (Å²) in [7, 11) is -3.24. The SMILES string of the molecule is CS(=O)(=O)CC(c1ccccc1)C(C#N)C#N. The molecule has 0 N–H and O–H groups in total. The summed E-state index contributed by atoms with van der Waals surface area (Å²) in [6.45, 7) is 0. The minimum atomic E-state index is -3.24. The molecule has 0 spiro atoms. The second kappa shape index (κ2) is 5.47. The van der Waals surface area contributed by atoms with E-state index >= 15 is 0 Å². The van der Waals surface area contributed by atoms with Crippen molar-refractivity contribution in [3.63, 3.8) is 0 Å². The van der Waals surface area contributed by atoms with Crippen LogP contribution in [0.4, 0.5) is 0 Å². The lowest BCUT2D eigenvalue weighted by molar-refractivity contribution is 0.583. The quantitative estimate of drug-likeness (QED) is 0.808. The second-order valence-corrected chi connectivity index (χ2v) is 6.03. The normalized spacial score (nSPS) is 12.7. The van der Waals surface area contributed by atoms with Gasteiger partial charge in [-0.15, -0.1) is 0 Å². The molecule has 0 aliphatic rings. The third-order valence-corrected chi connectivity index (χ3v) is 3.36. The van der Waals surface area contributed by atoms with Crippen molar-refractivity contribution in [3.8, 4) is 12.1 Å². The lowest BCUT2D eigenvalue weighted by atomic mass is 9.89. The van der Waals surface area contributed by atoms with Crippen molar-refractivity contribution in [2.45, 2.75) is 5.92 Å². The van der Waals surface area contributed by atoms with Crippen molar-refractivity contribution in [3.05, 3.63) is 35.9 Å². The van der Waals surface area contributed by atoms with Gasteiger partial charge in [-0.25, -0.2) is 8.42 Å². The molecule has 0 bridgehead atoms. The highest BCUT2D eigenvalue weighted by atomic mass is 32.2. The molecule has 1 aromatic carbocycles. The standard InChI is InChI=1S/C12H12N2O2S/c1-17(15,16)9-12(11(7-13)8-14)10-5-3-2-4-6-10/h2-6,11-12H,9H2,1H3. The smallest absolute Gasteiger partial charge is 0.148 e. The zero-order valence-corrected chi connectivity index (χ0v) is 10.2. The van der Waals surface area contributed by atoms with E-state index in [4.69, 9.17) is 10.5 Å². The zero-order valence-electron chi connectivity index (χ0n) is 9.37. The van der Waals surface area contributed by atoms with E-state index in [0.29, 0.717) is 5.56 Å². The topological polar surface area (TPSA) is 81.7 Å². The first kappa shape index (κ1) is 13.2. The molecule has 0 amide bonds. The van der Waals surface area contributed by atoms with Gasteiger partial charge in [-0.1, -0.05) is 30.3 Å². The highest BCUT2D eigenvalue weighted by molar-refractivity contribution is 7.90. The Morgan fingerprint density at radius 2 is 1.71 bits per heavy atom. The number of hydrogen-bond acceptors (Lipinski definition) is 4. The Morgan fingerprint density at radius 1 is 1.18 bits per heavy atom. The summed E-state index contributed by atoms with van der Waals surface area (Å²) in [5.41, 5.74) is 0.700. The Bertz CT molecular complexity index is 538. The fraction of sp³-hybridized carbons (Fsp3) is 0.333. The van der Waals surface area contributed by atoms with Crippen molar-refractivity contribution in [2.75, 3.05) is 12.0 Å². The Kier molecular flexibility index (Phi) is 4.25. The average Bonchev–Trinajstić information content (AvgIpc) is 2.29. The third-order valence-electron chi connectivity index (χ3n) is 2.39. The second-order valence-electron chi connectivity index (χ2n) is 3.85. The molecule has 0 radical (unpaired) electrons. The minimum Gasteiger partial charge on any atom is -0.229 e. The number of nitriles is 2. The molecule has 0 aliphatic heterocycles. The largest absolute Gasteiger partial charge is 0.229 e. The van der Waals surface area contributed by atoms with Crippen LogP contribution in [0.15, 0.2) is 30.3 Å². The number of rotatable bonds is 4. The van der Waals surface area contributed by atoms with Crippen LogP contribution in [-0.4, -0.2) is 20.4 Å². The Hall–Kier alpha value is -1.85. The summed E-state index contributed by atoms with van der Waals surface area (Å²) in [6, 6.07) is 12.5. The molecule has 1 unspecified atom stereocenters. The molecule has 1 rings (SSSR count). The van der Waals surface area contributed by atoms with Crippen molar-refractivity contribution in [2.24, 2.45) is 5.92 Å². The molecule has 1 atom stereocenters. The van der Waals surface area contributed by atoms with Gasteiger partial charge >= 0.3 is 0 Å². The number of sulfone groups is 1. The molecule has 0 heterocycles. The van der Waals surface area contributed by atoms with Gasteiger partial charge in [0.15, 0.2) is 0 Å². The molecular formula is C12H12N2O2S. The molecule has 4 nitrogen and oxygen atoms in total. The van der Waals surface area contributed by atoms with Crippen LogP contribution in [0, 0.1) is 28.6 Å². The first-order valence-electron chi connectivity index (χ1n) is 5.00. The van der Waals surface area contributed by atoms with Crippen LogP contribution in [0.2, 0.25) is 0 Å². The summed E-state index contributed by atoms with van der Waals surface area (Å²) >= 11 is 0. The van der Waals surface area contributed by atoms with E-state index in [9.17, 15) is 8.42 Å². The van der Waals surface area contributed by atoms with Crippen LogP contribution in [0.1, 0.15) is 11.5 Å². The van der Waals surface area contributed by atoms with E-state index in [2.05, 4.69) is 0 Å². The molecule has 88 valence electrons. The van der Waals surface area contributed by atoms with Crippen LogP contribution >= 0.6 is 0 Å². The predicted octanol–water partition coefficient (Wildman–Crippen LogP) is 1.48. The maximum atomic E-state index is 11.3. The van der Waals surface area contributed by atoms with Crippen molar-refractivity contribution in [1.82, 2.24) is 0 Å². The summed E-state index contributed by atoms with van der Waals surface area (Å²) < 4.78 is 22.7. The van der Waals surface area contributed by atoms with Crippen LogP contribution in [0.5, 0.6) is 0 Å². The Morgan fingerprint density at radius 3 is 2.12 bits per heavy atom. The molecular weight excluding hydrogens is 236 g/mol. The molecule has 17 heavy (non-hydrogen) atoms. The van der Waals surface area contributed by atoms with E-state index in [0.717, 1.165) is 6.26 Å². The van der Waals surface area contributed by atoms with Gasteiger partial charge in [-0.05, 0) is 5.56 Å². The van der Waals surface area contributed by atoms with Crippen LogP contribution in [0.3, 0.4) is 0 Å². The van der Waals surface area contributed by atoms with Gasteiger partial charge in [0, 0.05) is 12.2 Å². The van der Waals surface area contributed by atoms with Gasteiger partial charge in [0.05, 0.1) is 17.9 Å². The molecule has 0 fully saturated rings. The van der Waals surface area contributed by atoms with Crippen LogP contribution in [0.25, 0.3) is 0 Å². The number of nitrogens with zero attached hydrogens (tertiary/aromatic N) is 2. The lowest BCUT2D eigenvalue weighted by Gasteiger charge is -2.16. The molecule has 1 aromatic rings. The number of benzene rings is 1. The third kappa shape index (κ3) is 3.90. The molecule has 0 saturated heterocycles. The Labute approximate surface area is 101 Å². The molecule has 5 heteroatoms. The van der Waals surface area contributed by atoms with Crippen molar-refractivity contribution < 1.29 is 8.42 Å².